The summed E-state index contributed by atoms with van der Waals surface area (Å²) in [5, 5.41) is 3.38. The first-order chi connectivity index (χ1) is 13.2. The van der Waals surface area contributed by atoms with Crippen LogP contribution in [0.25, 0.3) is 0 Å². The zero-order valence-electron chi connectivity index (χ0n) is 16.5. The highest BCUT2D eigenvalue weighted by molar-refractivity contribution is 7.92. The number of anilines is 1. The highest BCUT2D eigenvalue weighted by Gasteiger charge is 2.31. The molecule has 2 aromatic carbocycles. The Balaban J connectivity index is 2.02. The summed E-state index contributed by atoms with van der Waals surface area (Å²) in [6, 6.07) is 13.9. The van der Waals surface area contributed by atoms with Crippen LogP contribution in [0.1, 0.15) is 30.9 Å². The van der Waals surface area contributed by atoms with Crippen molar-refractivity contribution in [3.05, 3.63) is 64.7 Å². The summed E-state index contributed by atoms with van der Waals surface area (Å²) in [5.41, 5.74) is 2.85. The van der Waals surface area contributed by atoms with Crippen molar-refractivity contribution in [1.29, 1.82) is 0 Å². The molecule has 0 aliphatic carbocycles. The Bertz CT molecular complexity index is 881. The number of hydrogen-bond donors (Lipinski definition) is 1. The number of sulfonamides is 1. The molecule has 0 saturated heterocycles. The fourth-order valence-electron chi connectivity index (χ4n) is 3.02. The Morgan fingerprint density at radius 3 is 2.25 bits per heavy atom. The average molecular weight is 423 g/mol. The number of carbonyl (C=O) groups excluding carboxylic acids is 1. The summed E-state index contributed by atoms with van der Waals surface area (Å²) in [4.78, 5) is 12.7. The number of benzene rings is 2. The van der Waals surface area contributed by atoms with Crippen LogP contribution < -0.4 is 9.62 Å². The molecule has 28 heavy (non-hydrogen) atoms. The molecule has 5 nitrogen and oxygen atoms in total. The van der Waals surface area contributed by atoms with Crippen LogP contribution in [0.4, 0.5) is 5.69 Å². The molecular formula is C21H27ClN2O3S. The normalized spacial score (nSPS) is 12.4. The molecule has 0 aromatic heterocycles. The van der Waals surface area contributed by atoms with E-state index in [-0.39, 0.29) is 5.91 Å². The van der Waals surface area contributed by atoms with Gasteiger partial charge in [-0.2, -0.15) is 0 Å². The molecule has 0 radical (unpaired) electrons. The predicted octanol–water partition coefficient (Wildman–Crippen LogP) is 3.94. The standard InChI is InChI=1S/C21H27ClN2O3S/c1-4-20(24(28(3,26)27)19-13-11-18(22)12-14-19)21(25)23-15-5-6-17-9-7-16(2)8-10-17/h7-14,20H,4-6,15H2,1-3H3,(H,23,25). The SMILES string of the molecule is CCC(C(=O)NCCCc1ccc(C)cc1)N(c1ccc(Cl)cc1)S(C)(=O)=O. The third kappa shape index (κ3) is 6.24. The second-order valence-electron chi connectivity index (χ2n) is 6.84. The minimum absolute atomic E-state index is 0.299. The maximum Gasteiger partial charge on any atom is 0.243 e. The molecule has 2 aromatic rings. The van der Waals surface area contributed by atoms with Crippen molar-refractivity contribution in [1.82, 2.24) is 5.32 Å². The summed E-state index contributed by atoms with van der Waals surface area (Å²) in [6.45, 7) is 4.33. The van der Waals surface area contributed by atoms with Gasteiger partial charge in [0.05, 0.1) is 11.9 Å². The van der Waals surface area contributed by atoms with Crippen LogP contribution in [0.2, 0.25) is 5.02 Å². The van der Waals surface area contributed by atoms with Gasteiger partial charge in [-0.15, -0.1) is 0 Å². The maximum atomic E-state index is 12.7. The molecule has 2 rings (SSSR count). The summed E-state index contributed by atoms with van der Waals surface area (Å²) < 4.78 is 25.9. The molecule has 0 aliphatic rings. The van der Waals surface area contributed by atoms with E-state index >= 15 is 0 Å². The second kappa shape index (κ2) is 9.94. The molecule has 0 fully saturated rings. The van der Waals surface area contributed by atoms with Gasteiger partial charge in [-0.05, 0) is 56.0 Å². The summed E-state index contributed by atoms with van der Waals surface area (Å²) in [6.07, 6.45) is 3.10. The Kier molecular flexibility index (Phi) is 7.89. The van der Waals surface area contributed by atoms with Gasteiger partial charge < -0.3 is 5.32 Å². The fourth-order valence-corrected chi connectivity index (χ4v) is 4.36. The van der Waals surface area contributed by atoms with Crippen LogP contribution in [-0.4, -0.2) is 33.2 Å². The van der Waals surface area contributed by atoms with Crippen LogP contribution >= 0.6 is 11.6 Å². The lowest BCUT2D eigenvalue weighted by Gasteiger charge is -2.30. The molecule has 1 atom stereocenters. The number of carbonyl (C=O) groups is 1. The van der Waals surface area contributed by atoms with Gasteiger partial charge in [0.15, 0.2) is 0 Å². The van der Waals surface area contributed by atoms with E-state index in [9.17, 15) is 13.2 Å². The third-order valence-corrected chi connectivity index (χ3v) is 5.90. The lowest BCUT2D eigenvalue weighted by molar-refractivity contribution is -0.122. The number of amides is 1. The number of nitrogens with one attached hydrogen (secondary N) is 1. The lowest BCUT2D eigenvalue weighted by Crippen LogP contribution is -2.49. The predicted molar refractivity (Wildman–Crippen MR) is 115 cm³/mol. The molecule has 0 bridgehead atoms. The van der Waals surface area contributed by atoms with E-state index in [0.717, 1.165) is 19.1 Å². The van der Waals surface area contributed by atoms with E-state index in [0.29, 0.717) is 23.7 Å². The lowest BCUT2D eigenvalue weighted by atomic mass is 10.1. The van der Waals surface area contributed by atoms with Crippen molar-refractivity contribution in [3.8, 4) is 0 Å². The van der Waals surface area contributed by atoms with Gasteiger partial charge in [0.1, 0.15) is 6.04 Å². The van der Waals surface area contributed by atoms with Gasteiger partial charge in [0.25, 0.3) is 0 Å². The summed E-state index contributed by atoms with van der Waals surface area (Å²) >= 11 is 5.90. The average Bonchev–Trinajstić information content (AvgIpc) is 2.64. The number of aryl methyl sites for hydroxylation is 2. The first-order valence-electron chi connectivity index (χ1n) is 9.30. The quantitative estimate of drug-likeness (QED) is 0.622. The van der Waals surface area contributed by atoms with Crippen molar-refractivity contribution < 1.29 is 13.2 Å². The molecule has 152 valence electrons. The molecule has 1 amide bonds. The Labute approximate surface area is 172 Å². The van der Waals surface area contributed by atoms with Crippen LogP contribution in [0.5, 0.6) is 0 Å². The van der Waals surface area contributed by atoms with Gasteiger partial charge in [-0.1, -0.05) is 48.4 Å². The summed E-state index contributed by atoms with van der Waals surface area (Å²) in [7, 11) is -3.64. The highest BCUT2D eigenvalue weighted by atomic mass is 35.5. The van der Waals surface area contributed by atoms with Gasteiger partial charge in [0.2, 0.25) is 15.9 Å². The van der Waals surface area contributed by atoms with E-state index in [4.69, 9.17) is 11.6 Å². The van der Waals surface area contributed by atoms with Crippen molar-refractivity contribution in [2.75, 3.05) is 17.1 Å². The smallest absolute Gasteiger partial charge is 0.243 e. The van der Waals surface area contributed by atoms with E-state index in [1.807, 2.05) is 6.92 Å². The van der Waals surface area contributed by atoms with Crippen LogP contribution in [0, 0.1) is 6.92 Å². The Hall–Kier alpha value is -2.05. The first kappa shape index (κ1) is 22.2. The van der Waals surface area contributed by atoms with Crippen LogP contribution in [0.3, 0.4) is 0 Å². The largest absolute Gasteiger partial charge is 0.354 e. The topological polar surface area (TPSA) is 66.5 Å². The molecule has 0 spiro atoms. The molecule has 0 heterocycles. The van der Waals surface area contributed by atoms with Crippen molar-refractivity contribution in [2.45, 2.75) is 39.2 Å². The van der Waals surface area contributed by atoms with E-state index in [2.05, 4.69) is 29.6 Å². The van der Waals surface area contributed by atoms with Gasteiger partial charge >= 0.3 is 0 Å². The Morgan fingerprint density at radius 2 is 1.71 bits per heavy atom. The molecule has 1 unspecified atom stereocenters. The minimum atomic E-state index is -3.64. The molecule has 0 saturated carbocycles. The van der Waals surface area contributed by atoms with E-state index in [1.165, 1.54) is 15.4 Å². The van der Waals surface area contributed by atoms with E-state index < -0.39 is 16.1 Å². The van der Waals surface area contributed by atoms with Crippen molar-refractivity contribution in [3.63, 3.8) is 0 Å². The minimum Gasteiger partial charge on any atom is -0.354 e. The van der Waals surface area contributed by atoms with Gasteiger partial charge in [0, 0.05) is 11.6 Å². The number of hydrogen-bond acceptors (Lipinski definition) is 3. The number of rotatable bonds is 9. The van der Waals surface area contributed by atoms with Gasteiger partial charge in [-0.3, -0.25) is 9.10 Å². The monoisotopic (exact) mass is 422 g/mol. The third-order valence-electron chi connectivity index (χ3n) is 4.47. The van der Waals surface area contributed by atoms with Crippen molar-refractivity contribution in [2.24, 2.45) is 0 Å². The molecule has 7 heteroatoms. The van der Waals surface area contributed by atoms with Crippen LogP contribution in [-0.2, 0) is 21.2 Å². The fraction of sp³-hybridized carbons (Fsp3) is 0.381. The molecular weight excluding hydrogens is 396 g/mol. The zero-order chi connectivity index (χ0) is 20.7. The van der Waals surface area contributed by atoms with Crippen molar-refractivity contribution >= 4 is 33.2 Å². The number of halogens is 1. The maximum absolute atomic E-state index is 12.7. The zero-order valence-corrected chi connectivity index (χ0v) is 18.1. The molecule has 0 aliphatic heterocycles. The van der Waals surface area contributed by atoms with E-state index in [1.54, 1.807) is 31.2 Å². The number of nitrogens with zero attached hydrogens (tertiary/aromatic N) is 1. The summed E-state index contributed by atoms with van der Waals surface area (Å²) in [5.74, 6) is -0.299. The van der Waals surface area contributed by atoms with Crippen LogP contribution in [0.15, 0.2) is 48.5 Å². The highest BCUT2D eigenvalue weighted by Crippen LogP contribution is 2.24. The first-order valence-corrected chi connectivity index (χ1v) is 11.5. The van der Waals surface area contributed by atoms with Gasteiger partial charge in [-0.25, -0.2) is 8.42 Å². The Morgan fingerprint density at radius 1 is 1.11 bits per heavy atom. The molecule has 1 N–H and O–H groups in total. The second-order valence-corrected chi connectivity index (χ2v) is 9.14.